The van der Waals surface area contributed by atoms with Gasteiger partial charge in [-0.15, -0.1) is 0 Å². The Hall–Kier alpha value is -2.28. The summed E-state index contributed by atoms with van der Waals surface area (Å²) >= 11 is 0. The number of urea groups is 1. The number of hydrogen-bond donors (Lipinski definition) is 0. The third kappa shape index (κ3) is 3.94. The Morgan fingerprint density at radius 3 is 2.36 bits per heavy atom. The Morgan fingerprint density at radius 1 is 0.964 bits per heavy atom. The average Bonchev–Trinajstić information content (AvgIpc) is 3.53. The van der Waals surface area contributed by atoms with E-state index in [9.17, 15) is 9.59 Å². The number of amides is 3. The van der Waals surface area contributed by atoms with Crippen LogP contribution in [0.1, 0.15) is 30.4 Å². The Kier molecular flexibility index (Phi) is 5.44. The van der Waals surface area contributed by atoms with E-state index in [1.807, 2.05) is 4.90 Å². The number of benzene rings is 1. The van der Waals surface area contributed by atoms with Gasteiger partial charge in [0.15, 0.2) is 11.5 Å². The maximum atomic E-state index is 12.7. The van der Waals surface area contributed by atoms with Crippen molar-refractivity contribution in [3.63, 3.8) is 0 Å². The lowest BCUT2D eigenvalue weighted by molar-refractivity contribution is -0.131. The zero-order valence-electron chi connectivity index (χ0n) is 16.8. The Bertz CT molecular complexity index is 762. The molecule has 0 radical (unpaired) electrons. The molecule has 1 aromatic rings. The van der Waals surface area contributed by atoms with Crippen molar-refractivity contribution in [1.29, 1.82) is 0 Å². The summed E-state index contributed by atoms with van der Waals surface area (Å²) in [6.07, 6.45) is 3.67. The molecule has 0 aromatic heterocycles. The highest BCUT2D eigenvalue weighted by Crippen LogP contribution is 2.33. The lowest BCUT2D eigenvalue weighted by atomic mass is 9.99. The van der Waals surface area contributed by atoms with Crippen LogP contribution in [0.4, 0.5) is 4.79 Å². The summed E-state index contributed by atoms with van der Waals surface area (Å²) in [5.41, 5.74) is 2.54. The molecule has 2 heterocycles. The molecule has 0 atom stereocenters. The average molecular weight is 387 g/mol. The van der Waals surface area contributed by atoms with Gasteiger partial charge in [0.2, 0.25) is 5.91 Å². The highest BCUT2D eigenvalue weighted by Gasteiger charge is 2.36. The maximum absolute atomic E-state index is 12.7. The van der Waals surface area contributed by atoms with Crippen LogP contribution >= 0.6 is 0 Å². The topological polar surface area (TPSA) is 62.3 Å². The normalized spacial score (nSPS) is 20.4. The fourth-order valence-corrected chi connectivity index (χ4v) is 4.08. The van der Waals surface area contributed by atoms with Crippen molar-refractivity contribution in [2.75, 3.05) is 46.9 Å². The molecule has 2 aliphatic heterocycles. The third-order valence-corrected chi connectivity index (χ3v) is 6.02. The second kappa shape index (κ2) is 7.99. The number of carbonyl (C=O) groups is 2. The van der Waals surface area contributed by atoms with Crippen molar-refractivity contribution in [2.24, 2.45) is 5.92 Å². The van der Waals surface area contributed by atoms with Crippen molar-refractivity contribution in [3.05, 3.63) is 23.3 Å². The molecule has 0 spiro atoms. The Labute approximate surface area is 166 Å². The van der Waals surface area contributed by atoms with E-state index in [4.69, 9.17) is 9.47 Å². The number of imide groups is 1. The van der Waals surface area contributed by atoms with Crippen molar-refractivity contribution >= 4 is 11.9 Å². The predicted octanol–water partition coefficient (Wildman–Crippen LogP) is 2.13. The van der Waals surface area contributed by atoms with Gasteiger partial charge < -0.3 is 14.4 Å². The highest BCUT2D eigenvalue weighted by atomic mass is 16.5. The minimum atomic E-state index is -0.105. The lowest BCUT2D eigenvalue weighted by Gasteiger charge is -2.36. The van der Waals surface area contributed by atoms with Gasteiger partial charge in [-0.1, -0.05) is 0 Å². The zero-order valence-corrected chi connectivity index (χ0v) is 16.8. The SMILES string of the molecule is COc1cc2c(cc1OC)CN(CCN1CCC(=O)N(CC3CC3)C1=O)CC2. The fourth-order valence-electron chi connectivity index (χ4n) is 4.08. The van der Waals surface area contributed by atoms with Crippen LogP contribution in [-0.2, 0) is 17.8 Å². The van der Waals surface area contributed by atoms with Gasteiger partial charge in [-0.2, -0.15) is 0 Å². The molecule has 7 heteroatoms. The van der Waals surface area contributed by atoms with Crippen LogP contribution in [0.15, 0.2) is 12.1 Å². The van der Waals surface area contributed by atoms with E-state index < -0.39 is 0 Å². The van der Waals surface area contributed by atoms with E-state index in [-0.39, 0.29) is 11.9 Å². The second-order valence-electron chi connectivity index (χ2n) is 7.97. The van der Waals surface area contributed by atoms with E-state index in [2.05, 4.69) is 17.0 Å². The number of carbonyl (C=O) groups excluding carboxylic acids is 2. The summed E-state index contributed by atoms with van der Waals surface area (Å²) < 4.78 is 10.8. The first-order valence-corrected chi connectivity index (χ1v) is 10.1. The molecule has 152 valence electrons. The maximum Gasteiger partial charge on any atom is 0.326 e. The van der Waals surface area contributed by atoms with E-state index in [0.717, 1.165) is 50.4 Å². The molecule has 7 nitrogen and oxygen atoms in total. The molecule has 0 N–H and O–H groups in total. The molecule has 0 bridgehead atoms. The van der Waals surface area contributed by atoms with Crippen LogP contribution in [0.25, 0.3) is 0 Å². The van der Waals surface area contributed by atoms with E-state index in [1.165, 1.54) is 16.0 Å². The molecular weight excluding hydrogens is 358 g/mol. The van der Waals surface area contributed by atoms with Crippen molar-refractivity contribution in [2.45, 2.75) is 32.2 Å². The molecule has 1 aliphatic carbocycles. The van der Waals surface area contributed by atoms with Gasteiger partial charge >= 0.3 is 6.03 Å². The summed E-state index contributed by atoms with van der Waals surface area (Å²) in [6, 6.07) is 4.02. The monoisotopic (exact) mass is 387 g/mol. The summed E-state index contributed by atoms with van der Waals surface area (Å²) in [5, 5.41) is 0. The predicted molar refractivity (Wildman–Crippen MR) is 105 cm³/mol. The smallest absolute Gasteiger partial charge is 0.326 e. The molecule has 3 aliphatic rings. The highest BCUT2D eigenvalue weighted by molar-refractivity contribution is 5.96. The van der Waals surface area contributed by atoms with Gasteiger partial charge in [0.1, 0.15) is 0 Å². The molecule has 28 heavy (non-hydrogen) atoms. The van der Waals surface area contributed by atoms with Gasteiger partial charge in [0.05, 0.1) is 14.2 Å². The van der Waals surface area contributed by atoms with Gasteiger partial charge in [-0.25, -0.2) is 4.79 Å². The van der Waals surface area contributed by atoms with Gasteiger partial charge in [0, 0.05) is 45.7 Å². The molecule has 3 amide bonds. The lowest BCUT2D eigenvalue weighted by Crippen LogP contribution is -2.54. The first-order chi connectivity index (χ1) is 13.6. The molecule has 2 fully saturated rings. The van der Waals surface area contributed by atoms with Crippen LogP contribution < -0.4 is 9.47 Å². The molecular formula is C21H29N3O4. The number of ether oxygens (including phenoxy) is 2. The Balaban J connectivity index is 1.35. The number of fused-ring (bicyclic) bond motifs is 1. The minimum absolute atomic E-state index is 0.0129. The van der Waals surface area contributed by atoms with Gasteiger partial charge in [-0.3, -0.25) is 14.6 Å². The van der Waals surface area contributed by atoms with Crippen LogP contribution in [0.3, 0.4) is 0 Å². The molecule has 4 rings (SSSR count). The summed E-state index contributed by atoms with van der Waals surface area (Å²) in [6.45, 7) is 4.40. The van der Waals surface area contributed by atoms with E-state index >= 15 is 0 Å². The van der Waals surface area contributed by atoms with Crippen molar-refractivity contribution < 1.29 is 19.1 Å². The zero-order chi connectivity index (χ0) is 19.7. The summed E-state index contributed by atoms with van der Waals surface area (Å²) in [5.74, 6) is 2.04. The molecule has 1 aromatic carbocycles. The van der Waals surface area contributed by atoms with Crippen LogP contribution in [0.5, 0.6) is 11.5 Å². The minimum Gasteiger partial charge on any atom is -0.493 e. The third-order valence-electron chi connectivity index (χ3n) is 6.02. The number of nitrogens with zero attached hydrogens (tertiary/aromatic N) is 3. The first-order valence-electron chi connectivity index (χ1n) is 10.1. The standard InChI is InChI=1S/C21H29N3O4/c1-27-18-11-16-5-7-22(14-17(16)12-19(18)28-2)9-10-23-8-6-20(25)24(21(23)26)13-15-3-4-15/h11-12,15H,3-10,13-14H2,1-2H3. The van der Waals surface area contributed by atoms with E-state index in [1.54, 1.807) is 14.2 Å². The van der Waals surface area contributed by atoms with E-state index in [0.29, 0.717) is 32.0 Å². The van der Waals surface area contributed by atoms with Gasteiger partial charge in [0.25, 0.3) is 0 Å². The fraction of sp³-hybridized carbons (Fsp3) is 0.619. The quantitative estimate of drug-likeness (QED) is 0.717. The van der Waals surface area contributed by atoms with Crippen LogP contribution in [-0.4, -0.2) is 73.6 Å². The number of rotatable bonds is 7. The van der Waals surface area contributed by atoms with Crippen molar-refractivity contribution in [3.8, 4) is 11.5 Å². The first kappa shape index (κ1) is 19.1. The van der Waals surface area contributed by atoms with Gasteiger partial charge in [-0.05, 0) is 48.4 Å². The number of hydrogen-bond acceptors (Lipinski definition) is 5. The second-order valence-corrected chi connectivity index (χ2v) is 7.97. The Morgan fingerprint density at radius 2 is 1.68 bits per heavy atom. The van der Waals surface area contributed by atoms with Crippen LogP contribution in [0.2, 0.25) is 0 Å². The molecule has 1 saturated carbocycles. The summed E-state index contributed by atoms with van der Waals surface area (Å²) in [7, 11) is 3.31. The van der Waals surface area contributed by atoms with Crippen LogP contribution in [0, 0.1) is 5.92 Å². The number of methoxy groups -OCH3 is 2. The summed E-state index contributed by atoms with van der Waals surface area (Å²) in [4.78, 5) is 30.5. The molecule has 1 saturated heterocycles. The largest absolute Gasteiger partial charge is 0.493 e. The molecule has 0 unspecified atom stereocenters. The van der Waals surface area contributed by atoms with Crippen molar-refractivity contribution in [1.82, 2.24) is 14.7 Å².